The molecule has 0 spiro atoms. The van der Waals surface area contributed by atoms with E-state index < -0.39 is 0 Å². The summed E-state index contributed by atoms with van der Waals surface area (Å²) < 4.78 is 0. The van der Waals surface area contributed by atoms with Crippen LogP contribution in [0.5, 0.6) is 0 Å². The Kier molecular flexibility index (Phi) is 2.28. The second kappa shape index (κ2) is 3.04. The van der Waals surface area contributed by atoms with Crippen LogP contribution in [0, 0.1) is 5.92 Å². The normalized spacial score (nSPS) is 24.1. The molecule has 1 nitrogen and oxygen atoms in total. The van der Waals surface area contributed by atoms with Crippen LogP contribution in [0.15, 0.2) is 23.3 Å². The summed E-state index contributed by atoms with van der Waals surface area (Å²) in [6.45, 7) is 5.84. The zero-order valence-corrected chi connectivity index (χ0v) is 7.35. The van der Waals surface area contributed by atoms with E-state index in [2.05, 4.69) is 13.8 Å². The molecule has 0 aliphatic heterocycles. The lowest BCUT2D eigenvalue weighted by atomic mass is 9.87. The SMILES string of the molecule is CC(=O)C1=CC=C(C)CC1C. The Bertz CT molecular complexity index is 233. The number of ketones is 1. The quantitative estimate of drug-likeness (QED) is 0.561. The standard InChI is InChI=1S/C10H14O/c1-7-4-5-10(9(3)11)8(2)6-7/h4-5,8H,6H2,1-3H3. The maximum Gasteiger partial charge on any atom is 0.156 e. The molecule has 60 valence electrons. The Hall–Kier alpha value is -0.850. The number of allylic oxidation sites excluding steroid dienone is 4. The number of carbonyl (C=O) groups is 1. The van der Waals surface area contributed by atoms with Crippen molar-refractivity contribution in [1.82, 2.24) is 0 Å². The average Bonchev–Trinajstić information content (AvgIpc) is 1.85. The van der Waals surface area contributed by atoms with Gasteiger partial charge in [-0.15, -0.1) is 0 Å². The first-order chi connectivity index (χ1) is 5.11. The van der Waals surface area contributed by atoms with E-state index in [4.69, 9.17) is 0 Å². The molecule has 1 aliphatic carbocycles. The lowest BCUT2D eigenvalue weighted by Crippen LogP contribution is -2.10. The van der Waals surface area contributed by atoms with Gasteiger partial charge in [-0.3, -0.25) is 4.79 Å². The van der Waals surface area contributed by atoms with Crippen molar-refractivity contribution in [3.05, 3.63) is 23.3 Å². The highest BCUT2D eigenvalue weighted by Gasteiger charge is 2.15. The van der Waals surface area contributed by atoms with E-state index >= 15 is 0 Å². The van der Waals surface area contributed by atoms with E-state index in [0.29, 0.717) is 5.92 Å². The Morgan fingerprint density at radius 2 is 2.18 bits per heavy atom. The molecule has 0 radical (unpaired) electrons. The summed E-state index contributed by atoms with van der Waals surface area (Å²) >= 11 is 0. The van der Waals surface area contributed by atoms with Gasteiger partial charge in [0.2, 0.25) is 0 Å². The molecule has 0 aromatic carbocycles. The molecule has 0 aromatic heterocycles. The Morgan fingerprint density at radius 3 is 2.64 bits per heavy atom. The minimum absolute atomic E-state index is 0.209. The summed E-state index contributed by atoms with van der Waals surface area (Å²) in [5.74, 6) is 0.624. The summed E-state index contributed by atoms with van der Waals surface area (Å²) in [6.07, 6.45) is 5.02. The Morgan fingerprint density at radius 1 is 1.55 bits per heavy atom. The number of Topliss-reactive ketones (excluding diaryl/α,β-unsaturated/α-hetero) is 1. The fraction of sp³-hybridized carbons (Fsp3) is 0.500. The Balaban J connectivity index is 2.87. The molecular weight excluding hydrogens is 136 g/mol. The summed E-state index contributed by atoms with van der Waals surface area (Å²) in [4.78, 5) is 11.0. The fourth-order valence-corrected chi connectivity index (χ4v) is 1.52. The van der Waals surface area contributed by atoms with E-state index in [1.54, 1.807) is 6.92 Å². The van der Waals surface area contributed by atoms with Crippen LogP contribution in [0.3, 0.4) is 0 Å². The zero-order valence-electron chi connectivity index (χ0n) is 7.35. The Labute approximate surface area is 67.8 Å². The van der Waals surface area contributed by atoms with Crippen LogP contribution in [0.2, 0.25) is 0 Å². The molecular formula is C10H14O. The van der Waals surface area contributed by atoms with Crippen LogP contribution in [-0.4, -0.2) is 5.78 Å². The predicted octanol–water partition coefficient (Wildman–Crippen LogP) is 2.49. The molecule has 1 unspecified atom stereocenters. The van der Waals surface area contributed by atoms with Gasteiger partial charge in [0.25, 0.3) is 0 Å². The molecule has 0 heterocycles. The summed E-state index contributed by atoms with van der Waals surface area (Å²) in [5, 5.41) is 0. The van der Waals surface area contributed by atoms with Gasteiger partial charge in [-0.05, 0) is 31.8 Å². The van der Waals surface area contributed by atoms with Gasteiger partial charge in [0.05, 0.1) is 0 Å². The van der Waals surface area contributed by atoms with Crippen LogP contribution in [0.25, 0.3) is 0 Å². The van der Waals surface area contributed by atoms with Gasteiger partial charge in [0.1, 0.15) is 0 Å². The van der Waals surface area contributed by atoms with Gasteiger partial charge < -0.3 is 0 Å². The van der Waals surface area contributed by atoms with Crippen molar-refractivity contribution < 1.29 is 4.79 Å². The highest BCUT2D eigenvalue weighted by molar-refractivity contribution is 5.94. The largest absolute Gasteiger partial charge is 0.295 e. The second-order valence-electron chi connectivity index (χ2n) is 3.30. The third-order valence-corrected chi connectivity index (χ3v) is 2.11. The van der Waals surface area contributed by atoms with E-state index in [1.165, 1.54) is 5.57 Å². The molecule has 1 aliphatic rings. The van der Waals surface area contributed by atoms with Gasteiger partial charge in [-0.2, -0.15) is 0 Å². The van der Waals surface area contributed by atoms with Crippen molar-refractivity contribution in [2.45, 2.75) is 27.2 Å². The summed E-state index contributed by atoms with van der Waals surface area (Å²) in [6, 6.07) is 0. The van der Waals surface area contributed by atoms with Gasteiger partial charge in [0, 0.05) is 0 Å². The minimum atomic E-state index is 0.209. The highest BCUT2D eigenvalue weighted by Crippen LogP contribution is 2.24. The van der Waals surface area contributed by atoms with Crippen molar-refractivity contribution in [3.8, 4) is 0 Å². The number of rotatable bonds is 1. The molecule has 1 rings (SSSR count). The van der Waals surface area contributed by atoms with Crippen LogP contribution >= 0.6 is 0 Å². The van der Waals surface area contributed by atoms with Crippen molar-refractivity contribution in [1.29, 1.82) is 0 Å². The lowest BCUT2D eigenvalue weighted by Gasteiger charge is -2.17. The third-order valence-electron chi connectivity index (χ3n) is 2.11. The first-order valence-corrected chi connectivity index (χ1v) is 3.99. The van der Waals surface area contributed by atoms with Crippen molar-refractivity contribution in [3.63, 3.8) is 0 Å². The molecule has 0 amide bonds. The predicted molar refractivity (Wildman–Crippen MR) is 46.3 cm³/mol. The van der Waals surface area contributed by atoms with Gasteiger partial charge >= 0.3 is 0 Å². The number of carbonyl (C=O) groups excluding carboxylic acids is 1. The van der Waals surface area contributed by atoms with E-state index in [0.717, 1.165) is 12.0 Å². The lowest BCUT2D eigenvalue weighted by molar-refractivity contribution is -0.114. The van der Waals surface area contributed by atoms with Crippen molar-refractivity contribution in [2.24, 2.45) is 5.92 Å². The smallest absolute Gasteiger partial charge is 0.156 e. The highest BCUT2D eigenvalue weighted by atomic mass is 16.1. The summed E-state index contributed by atoms with van der Waals surface area (Å²) in [7, 11) is 0. The molecule has 0 aromatic rings. The van der Waals surface area contributed by atoms with Gasteiger partial charge in [0.15, 0.2) is 5.78 Å². The molecule has 0 N–H and O–H groups in total. The molecule has 0 saturated heterocycles. The monoisotopic (exact) mass is 150 g/mol. The minimum Gasteiger partial charge on any atom is -0.295 e. The van der Waals surface area contributed by atoms with E-state index in [9.17, 15) is 4.79 Å². The van der Waals surface area contributed by atoms with Crippen molar-refractivity contribution >= 4 is 5.78 Å². The molecule has 11 heavy (non-hydrogen) atoms. The van der Waals surface area contributed by atoms with Crippen LogP contribution in [0.4, 0.5) is 0 Å². The zero-order chi connectivity index (χ0) is 8.43. The van der Waals surface area contributed by atoms with E-state index in [1.807, 2.05) is 12.2 Å². The third kappa shape index (κ3) is 1.79. The number of hydrogen-bond donors (Lipinski definition) is 0. The first-order valence-electron chi connectivity index (χ1n) is 3.99. The first kappa shape index (κ1) is 8.25. The molecule has 1 atom stereocenters. The van der Waals surface area contributed by atoms with Crippen molar-refractivity contribution in [2.75, 3.05) is 0 Å². The van der Waals surface area contributed by atoms with Crippen LogP contribution < -0.4 is 0 Å². The average molecular weight is 150 g/mol. The molecule has 0 fully saturated rings. The summed E-state index contributed by atoms with van der Waals surface area (Å²) in [5.41, 5.74) is 2.33. The molecule has 0 bridgehead atoms. The van der Waals surface area contributed by atoms with E-state index in [-0.39, 0.29) is 5.78 Å². The second-order valence-corrected chi connectivity index (χ2v) is 3.30. The van der Waals surface area contributed by atoms with Crippen LogP contribution in [-0.2, 0) is 4.79 Å². The topological polar surface area (TPSA) is 17.1 Å². The van der Waals surface area contributed by atoms with Gasteiger partial charge in [-0.25, -0.2) is 0 Å². The molecule has 1 heteroatoms. The molecule has 0 saturated carbocycles. The fourth-order valence-electron chi connectivity index (χ4n) is 1.52. The number of hydrogen-bond acceptors (Lipinski definition) is 1. The maximum atomic E-state index is 11.0. The van der Waals surface area contributed by atoms with Gasteiger partial charge in [-0.1, -0.05) is 24.6 Å². The van der Waals surface area contributed by atoms with Crippen LogP contribution in [0.1, 0.15) is 27.2 Å². The maximum absolute atomic E-state index is 11.0.